The van der Waals surface area contributed by atoms with Crippen LogP contribution in [0, 0.1) is 5.41 Å². The molecular formula is C8H13N9O2. The predicted molar refractivity (Wildman–Crippen MR) is 66.0 cm³/mol. The van der Waals surface area contributed by atoms with E-state index < -0.39 is 11.4 Å². The summed E-state index contributed by atoms with van der Waals surface area (Å²) in [6.07, 6.45) is 0.555. The maximum absolute atomic E-state index is 10.5. The lowest BCUT2D eigenvalue weighted by Crippen LogP contribution is -2.31. The molecule has 0 spiro atoms. The van der Waals surface area contributed by atoms with Gasteiger partial charge in [-0.3, -0.25) is 4.79 Å². The second kappa shape index (κ2) is 9.43. The normalized spacial score (nSPS) is 12.2. The molecule has 0 fully saturated rings. The molecule has 0 aromatic rings. The van der Waals surface area contributed by atoms with Crippen molar-refractivity contribution in [2.45, 2.75) is 19.3 Å². The van der Waals surface area contributed by atoms with E-state index in [0.717, 1.165) is 0 Å². The highest BCUT2D eigenvalue weighted by atomic mass is 16.4. The van der Waals surface area contributed by atoms with E-state index in [4.69, 9.17) is 21.7 Å². The molecule has 102 valence electrons. The van der Waals surface area contributed by atoms with E-state index in [1.807, 2.05) is 0 Å². The number of carbonyl (C=O) groups is 1. The molecule has 0 saturated carbocycles. The molecule has 0 aliphatic carbocycles. The Morgan fingerprint density at radius 1 is 1.00 bits per heavy atom. The van der Waals surface area contributed by atoms with Gasteiger partial charge in [0.1, 0.15) is 0 Å². The summed E-state index contributed by atoms with van der Waals surface area (Å²) in [5.41, 5.74) is 24.2. The Labute approximate surface area is 108 Å². The molecular weight excluding hydrogens is 254 g/mol. The van der Waals surface area contributed by atoms with E-state index in [9.17, 15) is 4.79 Å². The molecule has 0 heterocycles. The van der Waals surface area contributed by atoms with Gasteiger partial charge in [0, 0.05) is 40.8 Å². The van der Waals surface area contributed by atoms with Crippen LogP contribution in [0.4, 0.5) is 0 Å². The van der Waals surface area contributed by atoms with Gasteiger partial charge >= 0.3 is 5.97 Å². The standard InChI is InChI=1S/C8H13N9O2/c9-15-12-4-8(5-13-16-10,6-14-17-11)3-1-2-7(18)19/h1-6H2,(H,18,19). The molecule has 0 aromatic carbocycles. The Hall–Kier alpha value is -2.60. The Morgan fingerprint density at radius 2 is 1.42 bits per heavy atom. The smallest absolute Gasteiger partial charge is 0.303 e. The summed E-state index contributed by atoms with van der Waals surface area (Å²) in [4.78, 5) is 18.3. The van der Waals surface area contributed by atoms with Crippen molar-refractivity contribution in [3.05, 3.63) is 31.3 Å². The molecule has 0 aliphatic heterocycles. The van der Waals surface area contributed by atoms with Crippen LogP contribution in [0.25, 0.3) is 31.3 Å². The molecule has 0 radical (unpaired) electrons. The molecule has 0 bridgehead atoms. The van der Waals surface area contributed by atoms with Gasteiger partial charge in [-0.2, -0.15) is 0 Å². The van der Waals surface area contributed by atoms with Gasteiger partial charge in [0.05, 0.1) is 0 Å². The van der Waals surface area contributed by atoms with Gasteiger partial charge in [-0.25, -0.2) is 0 Å². The number of aliphatic carboxylic acids is 1. The topological polar surface area (TPSA) is 184 Å². The molecule has 1 N–H and O–H groups in total. The minimum absolute atomic E-state index is 0.0266. The third-order valence-corrected chi connectivity index (χ3v) is 2.51. The van der Waals surface area contributed by atoms with Crippen molar-refractivity contribution in [2.24, 2.45) is 20.8 Å². The quantitative estimate of drug-likeness (QED) is 0.362. The summed E-state index contributed by atoms with van der Waals surface area (Å²) < 4.78 is 0. The van der Waals surface area contributed by atoms with Crippen molar-refractivity contribution in [3.8, 4) is 0 Å². The number of carboxylic acid groups (broad SMARTS) is 1. The summed E-state index contributed by atoms with van der Waals surface area (Å²) in [5, 5.41) is 18.8. The van der Waals surface area contributed by atoms with Crippen LogP contribution < -0.4 is 0 Å². The van der Waals surface area contributed by atoms with Crippen LogP contribution >= 0.6 is 0 Å². The Kier molecular flexibility index (Phi) is 8.14. The summed E-state index contributed by atoms with van der Waals surface area (Å²) in [7, 11) is 0. The first-order valence-electron chi connectivity index (χ1n) is 5.34. The monoisotopic (exact) mass is 267 g/mol. The molecule has 0 unspecified atom stereocenters. The molecule has 0 amide bonds. The minimum Gasteiger partial charge on any atom is -0.481 e. The third kappa shape index (κ3) is 7.35. The Morgan fingerprint density at radius 3 is 1.74 bits per heavy atom. The molecule has 0 saturated heterocycles. The van der Waals surface area contributed by atoms with Crippen LogP contribution in [0.1, 0.15) is 19.3 Å². The second-order valence-electron chi connectivity index (χ2n) is 3.91. The largest absolute Gasteiger partial charge is 0.481 e. The van der Waals surface area contributed by atoms with E-state index in [2.05, 4.69) is 30.1 Å². The van der Waals surface area contributed by atoms with Crippen molar-refractivity contribution in [3.63, 3.8) is 0 Å². The van der Waals surface area contributed by atoms with E-state index in [0.29, 0.717) is 12.8 Å². The highest BCUT2D eigenvalue weighted by Crippen LogP contribution is 2.27. The van der Waals surface area contributed by atoms with E-state index in [-0.39, 0.29) is 26.1 Å². The molecule has 0 aromatic heterocycles. The predicted octanol–water partition coefficient (Wildman–Crippen LogP) is 3.16. The number of carboxylic acids is 1. The first-order valence-corrected chi connectivity index (χ1v) is 5.34. The second-order valence-corrected chi connectivity index (χ2v) is 3.91. The SMILES string of the molecule is [N-]=[N+]=NCC(CCCC(=O)O)(CN=[N+]=[N-])CN=[N+]=[N-]. The number of rotatable bonds is 10. The number of hydrogen-bond donors (Lipinski definition) is 1. The zero-order valence-corrected chi connectivity index (χ0v) is 10.1. The van der Waals surface area contributed by atoms with Crippen LogP contribution in [-0.2, 0) is 4.79 Å². The van der Waals surface area contributed by atoms with E-state index in [1.54, 1.807) is 0 Å². The number of nitrogens with zero attached hydrogens (tertiary/aromatic N) is 9. The summed E-state index contributed by atoms with van der Waals surface area (Å²) >= 11 is 0. The van der Waals surface area contributed by atoms with Crippen LogP contribution in [0.2, 0.25) is 0 Å². The van der Waals surface area contributed by atoms with Gasteiger partial charge < -0.3 is 5.11 Å². The maximum atomic E-state index is 10.5. The van der Waals surface area contributed by atoms with Crippen molar-refractivity contribution in [1.29, 1.82) is 0 Å². The lowest BCUT2D eigenvalue weighted by molar-refractivity contribution is -0.137. The van der Waals surface area contributed by atoms with Gasteiger partial charge in [-0.05, 0) is 34.9 Å². The first kappa shape index (κ1) is 16.4. The summed E-state index contributed by atoms with van der Waals surface area (Å²) in [6.45, 7) is -0.0799. The van der Waals surface area contributed by atoms with E-state index in [1.165, 1.54) is 0 Å². The molecule has 0 aliphatic rings. The van der Waals surface area contributed by atoms with E-state index >= 15 is 0 Å². The molecule has 11 nitrogen and oxygen atoms in total. The fourth-order valence-corrected chi connectivity index (χ4v) is 1.55. The Bertz CT molecular complexity index is 393. The van der Waals surface area contributed by atoms with Crippen molar-refractivity contribution >= 4 is 5.97 Å². The van der Waals surface area contributed by atoms with Gasteiger partial charge in [-0.15, -0.1) is 0 Å². The average molecular weight is 267 g/mol. The highest BCUT2D eigenvalue weighted by Gasteiger charge is 2.28. The van der Waals surface area contributed by atoms with Gasteiger partial charge in [0.15, 0.2) is 0 Å². The van der Waals surface area contributed by atoms with Crippen LogP contribution in [0.5, 0.6) is 0 Å². The first-order chi connectivity index (χ1) is 9.10. The zero-order chi connectivity index (χ0) is 14.6. The van der Waals surface area contributed by atoms with Crippen molar-refractivity contribution in [1.82, 2.24) is 0 Å². The van der Waals surface area contributed by atoms with Gasteiger partial charge in [0.2, 0.25) is 0 Å². The number of hydrogen-bond acceptors (Lipinski definition) is 4. The minimum atomic E-state index is -0.953. The van der Waals surface area contributed by atoms with Crippen molar-refractivity contribution in [2.75, 3.05) is 19.6 Å². The van der Waals surface area contributed by atoms with Gasteiger partial charge in [0.25, 0.3) is 0 Å². The lowest BCUT2D eigenvalue weighted by atomic mass is 9.83. The van der Waals surface area contributed by atoms with Crippen LogP contribution in [-0.4, -0.2) is 30.7 Å². The summed E-state index contributed by atoms with van der Waals surface area (Å²) in [5.74, 6) is -0.953. The average Bonchev–Trinajstić information content (AvgIpc) is 2.39. The molecule has 19 heavy (non-hydrogen) atoms. The van der Waals surface area contributed by atoms with Gasteiger partial charge in [-0.1, -0.05) is 15.3 Å². The molecule has 0 atom stereocenters. The zero-order valence-electron chi connectivity index (χ0n) is 10.1. The molecule has 11 heteroatoms. The van der Waals surface area contributed by atoms with Crippen molar-refractivity contribution < 1.29 is 9.90 Å². The summed E-state index contributed by atoms with van der Waals surface area (Å²) in [6, 6.07) is 0. The fourth-order valence-electron chi connectivity index (χ4n) is 1.55. The van der Waals surface area contributed by atoms with Crippen LogP contribution in [0.15, 0.2) is 15.3 Å². The number of azide groups is 3. The highest BCUT2D eigenvalue weighted by molar-refractivity contribution is 5.66. The lowest BCUT2D eigenvalue weighted by Gasteiger charge is -2.28. The third-order valence-electron chi connectivity index (χ3n) is 2.51. The Balaban J connectivity index is 4.95. The van der Waals surface area contributed by atoms with Crippen LogP contribution in [0.3, 0.4) is 0 Å². The fraction of sp³-hybridized carbons (Fsp3) is 0.875. The molecule has 0 rings (SSSR count). The maximum Gasteiger partial charge on any atom is 0.303 e.